The molecule has 0 heterocycles. The molecule has 2 atom stereocenters. The van der Waals surface area contributed by atoms with Gasteiger partial charge in [0.2, 0.25) is 5.91 Å². The number of amides is 1. The SMILES string of the molecule is COC(=O)[C@@H](CO)NC(=O)[C@H](Br)c1ccc(C)cc1. The average molecular weight is 330 g/mol. The minimum absolute atomic E-state index is 0.409. The first-order valence-corrected chi connectivity index (χ1v) is 6.61. The van der Waals surface area contributed by atoms with Crippen LogP contribution in [0.5, 0.6) is 0 Å². The van der Waals surface area contributed by atoms with E-state index in [2.05, 4.69) is 26.0 Å². The first-order valence-electron chi connectivity index (χ1n) is 5.69. The fourth-order valence-corrected chi connectivity index (χ4v) is 1.89. The van der Waals surface area contributed by atoms with Crippen molar-refractivity contribution in [3.05, 3.63) is 35.4 Å². The molecule has 19 heavy (non-hydrogen) atoms. The second-order valence-electron chi connectivity index (χ2n) is 4.04. The molecule has 1 aromatic rings. The maximum absolute atomic E-state index is 11.9. The van der Waals surface area contributed by atoms with E-state index in [1.54, 1.807) is 0 Å². The minimum Gasteiger partial charge on any atom is -0.467 e. The third-order valence-corrected chi connectivity index (χ3v) is 3.53. The number of carbonyl (C=O) groups excluding carboxylic acids is 2. The third kappa shape index (κ3) is 4.33. The summed E-state index contributed by atoms with van der Waals surface area (Å²) >= 11 is 3.26. The van der Waals surface area contributed by atoms with Crippen LogP contribution in [-0.4, -0.2) is 36.7 Å². The van der Waals surface area contributed by atoms with Crippen LogP contribution < -0.4 is 5.32 Å². The summed E-state index contributed by atoms with van der Waals surface area (Å²) in [6, 6.07) is 6.37. The van der Waals surface area contributed by atoms with E-state index in [1.807, 2.05) is 31.2 Å². The van der Waals surface area contributed by atoms with Crippen LogP contribution in [0.15, 0.2) is 24.3 Å². The maximum atomic E-state index is 11.9. The van der Waals surface area contributed by atoms with Gasteiger partial charge in [0.25, 0.3) is 0 Å². The Morgan fingerprint density at radius 1 is 1.37 bits per heavy atom. The number of carbonyl (C=O) groups is 2. The van der Waals surface area contributed by atoms with Crippen LogP contribution in [0.4, 0.5) is 0 Å². The fourth-order valence-electron chi connectivity index (χ4n) is 1.45. The van der Waals surface area contributed by atoms with E-state index in [0.717, 1.165) is 11.1 Å². The van der Waals surface area contributed by atoms with Crippen LogP contribution in [0.1, 0.15) is 16.0 Å². The summed E-state index contributed by atoms with van der Waals surface area (Å²) in [6.07, 6.45) is 0. The Bertz CT molecular complexity index is 446. The number of methoxy groups -OCH3 is 1. The van der Waals surface area contributed by atoms with Gasteiger partial charge in [-0.2, -0.15) is 0 Å². The van der Waals surface area contributed by atoms with Gasteiger partial charge in [-0.3, -0.25) is 4.79 Å². The Hall–Kier alpha value is -1.40. The van der Waals surface area contributed by atoms with Crippen LogP contribution in [0, 0.1) is 6.92 Å². The number of alkyl halides is 1. The molecule has 2 N–H and O–H groups in total. The molecule has 0 spiro atoms. The molecule has 0 aliphatic carbocycles. The zero-order chi connectivity index (χ0) is 14.4. The van der Waals surface area contributed by atoms with Gasteiger partial charge >= 0.3 is 5.97 Å². The van der Waals surface area contributed by atoms with Crippen LogP contribution in [0.2, 0.25) is 0 Å². The van der Waals surface area contributed by atoms with Crippen LogP contribution >= 0.6 is 15.9 Å². The van der Waals surface area contributed by atoms with Crippen molar-refractivity contribution >= 4 is 27.8 Å². The van der Waals surface area contributed by atoms with E-state index in [-0.39, 0.29) is 0 Å². The minimum atomic E-state index is -1.05. The number of halogens is 1. The van der Waals surface area contributed by atoms with Crippen molar-refractivity contribution in [2.24, 2.45) is 0 Å². The molecule has 0 radical (unpaired) electrons. The van der Waals surface area contributed by atoms with Crippen molar-refractivity contribution in [2.75, 3.05) is 13.7 Å². The second-order valence-corrected chi connectivity index (χ2v) is 4.96. The van der Waals surface area contributed by atoms with E-state index in [1.165, 1.54) is 7.11 Å². The lowest BCUT2D eigenvalue weighted by molar-refractivity contribution is -0.146. The fraction of sp³-hybridized carbons (Fsp3) is 0.385. The lowest BCUT2D eigenvalue weighted by Gasteiger charge is -2.16. The molecule has 5 nitrogen and oxygen atoms in total. The number of aliphatic hydroxyl groups excluding tert-OH is 1. The molecule has 0 fully saturated rings. The standard InChI is InChI=1S/C13H16BrNO4/c1-8-3-5-9(6-4-8)11(14)12(17)15-10(7-16)13(18)19-2/h3-6,10-11,16H,7H2,1-2H3,(H,15,17)/t10-,11-/m1/s1. The maximum Gasteiger partial charge on any atom is 0.330 e. The number of nitrogens with one attached hydrogen (secondary N) is 1. The number of hydrogen-bond acceptors (Lipinski definition) is 4. The second kappa shape index (κ2) is 7.25. The number of aryl methyl sites for hydroxylation is 1. The van der Waals surface area contributed by atoms with E-state index < -0.39 is 29.4 Å². The number of rotatable bonds is 5. The Morgan fingerprint density at radius 3 is 2.42 bits per heavy atom. The molecule has 0 saturated carbocycles. The van der Waals surface area contributed by atoms with Crippen molar-refractivity contribution in [3.63, 3.8) is 0 Å². The average Bonchev–Trinajstić information content (AvgIpc) is 2.43. The topological polar surface area (TPSA) is 75.6 Å². The van der Waals surface area contributed by atoms with Crippen LogP contribution in [0.25, 0.3) is 0 Å². The van der Waals surface area contributed by atoms with Gasteiger partial charge in [0, 0.05) is 0 Å². The van der Waals surface area contributed by atoms with Crippen molar-refractivity contribution < 1.29 is 19.4 Å². The van der Waals surface area contributed by atoms with Gasteiger partial charge in [0.05, 0.1) is 13.7 Å². The van der Waals surface area contributed by atoms with E-state index in [4.69, 9.17) is 5.11 Å². The molecule has 1 amide bonds. The van der Waals surface area contributed by atoms with Gasteiger partial charge in [-0.05, 0) is 12.5 Å². The van der Waals surface area contributed by atoms with Gasteiger partial charge in [-0.1, -0.05) is 45.8 Å². The number of ether oxygens (including phenoxy) is 1. The molecular weight excluding hydrogens is 314 g/mol. The molecule has 0 aromatic heterocycles. The Labute approximate surface area is 120 Å². The molecular formula is C13H16BrNO4. The Kier molecular flexibility index (Phi) is 5.98. The summed E-state index contributed by atoms with van der Waals surface area (Å²) in [6.45, 7) is 1.44. The summed E-state index contributed by atoms with van der Waals surface area (Å²) in [4.78, 5) is 22.6. The molecule has 0 aliphatic heterocycles. The molecule has 0 aliphatic rings. The predicted molar refractivity (Wildman–Crippen MR) is 73.9 cm³/mol. The number of hydrogen-bond donors (Lipinski definition) is 2. The van der Waals surface area contributed by atoms with Gasteiger partial charge in [-0.15, -0.1) is 0 Å². The van der Waals surface area contributed by atoms with Crippen LogP contribution in [-0.2, 0) is 14.3 Å². The van der Waals surface area contributed by atoms with Crippen LogP contribution in [0.3, 0.4) is 0 Å². The lowest BCUT2D eigenvalue weighted by atomic mass is 10.1. The Morgan fingerprint density at radius 2 is 1.95 bits per heavy atom. The first-order chi connectivity index (χ1) is 8.99. The van der Waals surface area contributed by atoms with Gasteiger partial charge < -0.3 is 15.2 Å². The summed E-state index contributed by atoms with van der Waals surface area (Å²) < 4.78 is 4.48. The highest BCUT2D eigenvalue weighted by Crippen LogP contribution is 2.23. The smallest absolute Gasteiger partial charge is 0.330 e. The highest BCUT2D eigenvalue weighted by Gasteiger charge is 2.24. The van der Waals surface area contributed by atoms with Crippen molar-refractivity contribution in [3.8, 4) is 0 Å². The van der Waals surface area contributed by atoms with Gasteiger partial charge in [-0.25, -0.2) is 4.79 Å². The predicted octanol–water partition coefficient (Wildman–Crippen LogP) is 1.08. The normalized spacial score (nSPS) is 13.5. The summed E-state index contributed by atoms with van der Waals surface area (Å²) in [5.74, 6) is -1.09. The number of esters is 1. The molecule has 0 saturated heterocycles. The third-order valence-electron chi connectivity index (χ3n) is 2.58. The summed E-state index contributed by atoms with van der Waals surface area (Å²) in [5, 5.41) is 11.5. The highest BCUT2D eigenvalue weighted by molar-refractivity contribution is 9.09. The molecule has 0 unspecified atom stereocenters. The molecule has 1 rings (SSSR count). The van der Waals surface area contributed by atoms with E-state index >= 15 is 0 Å². The number of aliphatic hydroxyl groups is 1. The highest BCUT2D eigenvalue weighted by atomic mass is 79.9. The summed E-state index contributed by atoms with van der Waals surface area (Å²) in [7, 11) is 1.20. The van der Waals surface area contributed by atoms with Gasteiger partial charge in [0.1, 0.15) is 4.83 Å². The van der Waals surface area contributed by atoms with E-state index in [0.29, 0.717) is 0 Å². The van der Waals surface area contributed by atoms with Crippen molar-refractivity contribution in [1.29, 1.82) is 0 Å². The summed E-state index contributed by atoms with van der Waals surface area (Å²) in [5.41, 5.74) is 1.86. The molecule has 1 aromatic carbocycles. The van der Waals surface area contributed by atoms with Gasteiger partial charge in [0.15, 0.2) is 6.04 Å². The quantitative estimate of drug-likeness (QED) is 0.626. The Balaban J connectivity index is 2.71. The molecule has 0 bridgehead atoms. The van der Waals surface area contributed by atoms with Crippen molar-refractivity contribution in [2.45, 2.75) is 17.8 Å². The zero-order valence-electron chi connectivity index (χ0n) is 10.7. The van der Waals surface area contributed by atoms with Crippen molar-refractivity contribution in [1.82, 2.24) is 5.32 Å². The molecule has 104 valence electrons. The monoisotopic (exact) mass is 329 g/mol. The number of benzene rings is 1. The first kappa shape index (κ1) is 15.7. The zero-order valence-corrected chi connectivity index (χ0v) is 12.3. The largest absolute Gasteiger partial charge is 0.467 e. The lowest BCUT2D eigenvalue weighted by Crippen LogP contribution is -2.45. The molecule has 6 heteroatoms. The van der Waals surface area contributed by atoms with E-state index in [9.17, 15) is 9.59 Å².